The molecule has 0 aliphatic heterocycles. The van der Waals surface area contributed by atoms with Crippen LogP contribution in [0, 0.1) is 0 Å². The molecular weight excluding hydrogens is 218 g/mol. The topological polar surface area (TPSA) is 48.4 Å². The van der Waals surface area contributed by atoms with Crippen molar-refractivity contribution in [3.8, 4) is 0 Å². The molecule has 4 heteroatoms. The van der Waals surface area contributed by atoms with Crippen LogP contribution in [0.2, 0.25) is 0 Å². The van der Waals surface area contributed by atoms with Crippen molar-refractivity contribution in [1.82, 2.24) is 4.98 Å². The van der Waals surface area contributed by atoms with Gasteiger partial charge in [-0.15, -0.1) is 0 Å². The molecule has 1 aromatic rings. The average Bonchev–Trinajstić information content (AvgIpc) is 2.43. The fraction of sp³-hybridized carbons (Fsp3) is 0.538. The molecule has 0 aliphatic rings. The minimum Gasteiger partial charge on any atom is -0.465 e. The highest BCUT2D eigenvalue weighted by Gasteiger charge is 2.04. The Balaban J connectivity index is 0. The monoisotopic (exact) mass is 241 g/mol. The molecule has 1 rings (SSSR count). The second-order valence-electron chi connectivity index (χ2n) is 2.46. The van der Waals surface area contributed by atoms with E-state index in [1.807, 2.05) is 27.7 Å². The van der Waals surface area contributed by atoms with Crippen molar-refractivity contribution in [3.63, 3.8) is 0 Å². The maximum absolute atomic E-state index is 11.0. The van der Waals surface area contributed by atoms with Gasteiger partial charge >= 0.3 is 5.97 Å². The van der Waals surface area contributed by atoms with Crippen molar-refractivity contribution < 1.29 is 14.3 Å². The van der Waals surface area contributed by atoms with Crippen LogP contribution in [-0.2, 0) is 16.1 Å². The Morgan fingerprint density at radius 1 is 1.18 bits per heavy atom. The summed E-state index contributed by atoms with van der Waals surface area (Å²) in [5.74, 6) is -0.378. The Hall–Kier alpha value is -1.42. The number of esters is 1. The van der Waals surface area contributed by atoms with E-state index in [1.54, 1.807) is 19.2 Å². The molecule has 0 amide bonds. The molecule has 17 heavy (non-hydrogen) atoms. The number of hydrogen-bond donors (Lipinski definition) is 0. The smallest absolute Gasteiger partial charge is 0.339 e. The third-order valence-electron chi connectivity index (χ3n) is 1.54. The zero-order valence-electron chi connectivity index (χ0n) is 11.6. The average molecular weight is 241 g/mol. The molecule has 98 valence electrons. The van der Waals surface area contributed by atoms with Crippen LogP contribution in [-0.4, -0.2) is 25.2 Å². The van der Waals surface area contributed by atoms with Gasteiger partial charge in [-0.2, -0.15) is 0 Å². The lowest BCUT2D eigenvalue weighted by Crippen LogP contribution is -2.02. The van der Waals surface area contributed by atoms with Gasteiger partial charge in [0.1, 0.15) is 0 Å². The number of ether oxygens (including phenoxy) is 2. The molecule has 0 N–H and O–H groups in total. The van der Waals surface area contributed by atoms with Gasteiger partial charge in [-0.1, -0.05) is 27.7 Å². The van der Waals surface area contributed by atoms with Gasteiger partial charge < -0.3 is 9.47 Å². The SMILES string of the molecule is CC.CC.COCc1ccc(C(=O)OC)cn1. The van der Waals surface area contributed by atoms with E-state index in [-0.39, 0.29) is 5.97 Å². The van der Waals surface area contributed by atoms with Crippen LogP contribution in [0.4, 0.5) is 0 Å². The molecule has 0 atom stereocenters. The summed E-state index contributed by atoms with van der Waals surface area (Å²) in [7, 11) is 2.93. The maximum Gasteiger partial charge on any atom is 0.339 e. The highest BCUT2D eigenvalue weighted by molar-refractivity contribution is 5.88. The molecule has 0 radical (unpaired) electrons. The van der Waals surface area contributed by atoms with Gasteiger partial charge in [0.25, 0.3) is 0 Å². The lowest BCUT2D eigenvalue weighted by atomic mass is 10.2. The summed E-state index contributed by atoms with van der Waals surface area (Å²) in [6, 6.07) is 3.39. The summed E-state index contributed by atoms with van der Waals surface area (Å²) in [5.41, 5.74) is 1.23. The van der Waals surface area contributed by atoms with Crippen molar-refractivity contribution in [2.45, 2.75) is 34.3 Å². The lowest BCUT2D eigenvalue weighted by Gasteiger charge is -2.00. The van der Waals surface area contributed by atoms with E-state index in [9.17, 15) is 4.79 Å². The second-order valence-corrected chi connectivity index (χ2v) is 2.46. The number of carbonyl (C=O) groups is 1. The Bertz CT molecular complexity index is 283. The number of pyridine rings is 1. The summed E-state index contributed by atoms with van der Waals surface area (Å²) in [6.07, 6.45) is 1.47. The van der Waals surface area contributed by atoms with E-state index in [0.29, 0.717) is 12.2 Å². The number of hydrogen-bond acceptors (Lipinski definition) is 4. The van der Waals surface area contributed by atoms with Gasteiger partial charge in [0.2, 0.25) is 0 Å². The first-order valence-corrected chi connectivity index (χ1v) is 5.80. The maximum atomic E-state index is 11.0. The van der Waals surface area contributed by atoms with Crippen molar-refractivity contribution in [3.05, 3.63) is 29.6 Å². The number of aromatic nitrogens is 1. The first kappa shape index (κ1) is 18.0. The van der Waals surface area contributed by atoms with Crippen molar-refractivity contribution in [2.24, 2.45) is 0 Å². The molecule has 0 aromatic carbocycles. The first-order chi connectivity index (χ1) is 8.27. The predicted octanol–water partition coefficient (Wildman–Crippen LogP) is 3.07. The quantitative estimate of drug-likeness (QED) is 0.763. The standard InChI is InChI=1S/C9H11NO3.2C2H6/c1-12-6-8-4-3-7(5-10-8)9(11)13-2;2*1-2/h3-5H,6H2,1-2H3;2*1-2H3. The summed E-state index contributed by atoms with van der Waals surface area (Å²) >= 11 is 0. The third-order valence-corrected chi connectivity index (χ3v) is 1.54. The summed E-state index contributed by atoms with van der Waals surface area (Å²) in [5, 5.41) is 0. The molecular formula is C13H23NO3. The van der Waals surface area contributed by atoms with Crippen LogP contribution in [0.5, 0.6) is 0 Å². The third kappa shape index (κ3) is 7.47. The molecule has 0 saturated heterocycles. The van der Waals surface area contributed by atoms with Crippen LogP contribution >= 0.6 is 0 Å². The van der Waals surface area contributed by atoms with Gasteiger partial charge in [0.15, 0.2) is 0 Å². The van der Waals surface area contributed by atoms with Crippen molar-refractivity contribution in [2.75, 3.05) is 14.2 Å². The minimum atomic E-state index is -0.378. The summed E-state index contributed by atoms with van der Waals surface area (Å²) in [4.78, 5) is 15.0. The molecule has 0 unspecified atom stereocenters. The molecule has 4 nitrogen and oxygen atoms in total. The Kier molecular flexibility index (Phi) is 13.4. The van der Waals surface area contributed by atoms with Crippen molar-refractivity contribution >= 4 is 5.97 Å². The summed E-state index contributed by atoms with van der Waals surface area (Å²) < 4.78 is 9.40. The van der Waals surface area contributed by atoms with E-state index < -0.39 is 0 Å². The number of carbonyl (C=O) groups excluding carboxylic acids is 1. The van der Waals surface area contributed by atoms with E-state index in [4.69, 9.17) is 4.74 Å². The molecule has 1 aromatic heterocycles. The van der Waals surface area contributed by atoms with E-state index >= 15 is 0 Å². The van der Waals surface area contributed by atoms with Gasteiger partial charge in [-0.3, -0.25) is 4.98 Å². The fourth-order valence-corrected chi connectivity index (χ4v) is 0.896. The van der Waals surface area contributed by atoms with Crippen molar-refractivity contribution in [1.29, 1.82) is 0 Å². The van der Waals surface area contributed by atoms with Gasteiger partial charge in [0, 0.05) is 13.3 Å². The zero-order valence-corrected chi connectivity index (χ0v) is 11.6. The molecule has 1 heterocycles. The summed E-state index contributed by atoms with van der Waals surface area (Å²) in [6.45, 7) is 8.45. The Morgan fingerprint density at radius 2 is 1.76 bits per heavy atom. The fourth-order valence-electron chi connectivity index (χ4n) is 0.896. The molecule has 0 fully saturated rings. The molecule has 0 spiro atoms. The predicted molar refractivity (Wildman–Crippen MR) is 69.0 cm³/mol. The van der Waals surface area contributed by atoms with Crippen LogP contribution in [0.25, 0.3) is 0 Å². The number of rotatable bonds is 3. The molecule has 0 saturated carbocycles. The Labute approximate surface area is 104 Å². The van der Waals surface area contributed by atoms with E-state index in [2.05, 4.69) is 9.72 Å². The Morgan fingerprint density at radius 3 is 2.12 bits per heavy atom. The van der Waals surface area contributed by atoms with Crippen LogP contribution in [0.3, 0.4) is 0 Å². The largest absolute Gasteiger partial charge is 0.465 e. The zero-order chi connectivity index (χ0) is 13.7. The van der Waals surface area contributed by atoms with Crippen LogP contribution < -0.4 is 0 Å². The van der Waals surface area contributed by atoms with E-state index in [0.717, 1.165) is 5.69 Å². The molecule has 0 aliphatic carbocycles. The highest BCUT2D eigenvalue weighted by atomic mass is 16.5. The van der Waals surface area contributed by atoms with Crippen LogP contribution in [0.1, 0.15) is 43.7 Å². The lowest BCUT2D eigenvalue weighted by molar-refractivity contribution is 0.0600. The number of nitrogens with zero attached hydrogens (tertiary/aromatic N) is 1. The van der Waals surface area contributed by atoms with E-state index in [1.165, 1.54) is 13.3 Å². The number of methoxy groups -OCH3 is 2. The van der Waals surface area contributed by atoms with Gasteiger partial charge in [0.05, 0.1) is 25.0 Å². The van der Waals surface area contributed by atoms with Gasteiger partial charge in [-0.05, 0) is 12.1 Å². The van der Waals surface area contributed by atoms with Gasteiger partial charge in [-0.25, -0.2) is 4.79 Å². The normalized spacial score (nSPS) is 8.12. The second kappa shape index (κ2) is 12.6. The minimum absolute atomic E-state index is 0.378. The molecule has 0 bridgehead atoms. The first-order valence-electron chi connectivity index (χ1n) is 5.80. The van der Waals surface area contributed by atoms with Crippen LogP contribution in [0.15, 0.2) is 18.3 Å². The highest BCUT2D eigenvalue weighted by Crippen LogP contribution is 2.02.